The van der Waals surface area contributed by atoms with E-state index in [2.05, 4.69) is 10.6 Å². The Kier molecular flexibility index (Phi) is 8.05. The van der Waals surface area contributed by atoms with E-state index in [9.17, 15) is 28.0 Å². The maximum atomic E-state index is 13.0. The highest BCUT2D eigenvalue weighted by Crippen LogP contribution is 2.17. The van der Waals surface area contributed by atoms with E-state index in [1.54, 1.807) is 6.07 Å². The van der Waals surface area contributed by atoms with E-state index >= 15 is 0 Å². The lowest BCUT2D eigenvalue weighted by atomic mass is 10.0. The summed E-state index contributed by atoms with van der Waals surface area (Å²) in [5.74, 6) is -1.46. The van der Waals surface area contributed by atoms with E-state index in [-0.39, 0.29) is 29.4 Å². The molecule has 2 amide bonds. The molecule has 2 N–H and O–H groups in total. The molecule has 1 saturated heterocycles. The van der Waals surface area contributed by atoms with Crippen molar-refractivity contribution in [2.24, 2.45) is 5.92 Å². The number of carbonyl (C=O) groups excluding carboxylic acids is 3. The fraction of sp³-hybridized carbons (Fsp3) is 0.455. The van der Waals surface area contributed by atoms with E-state index in [1.807, 2.05) is 13.8 Å². The van der Waals surface area contributed by atoms with Crippen LogP contribution in [0, 0.1) is 11.1 Å². The average Bonchev–Trinajstić information content (AvgIpc) is 3.25. The Balaban J connectivity index is 1.70. The lowest BCUT2D eigenvalue weighted by Gasteiger charge is -2.23. The van der Waals surface area contributed by atoms with Gasteiger partial charge in [0, 0.05) is 18.7 Å². The van der Waals surface area contributed by atoms with Gasteiger partial charge in [-0.2, -0.15) is 9.04 Å². The Labute approximate surface area is 197 Å². The number of sulfonamides is 1. The van der Waals surface area contributed by atoms with Crippen LogP contribution in [0.25, 0.3) is 0 Å². The minimum atomic E-state index is -4.19. The number of rotatable bonds is 8. The summed E-state index contributed by atoms with van der Waals surface area (Å²) in [4.78, 5) is 38.2. The molecule has 34 heavy (non-hydrogen) atoms. The Bertz CT molecular complexity index is 1130. The maximum Gasteiger partial charge on any atom is 0.323 e. The van der Waals surface area contributed by atoms with Crippen LogP contribution in [0.1, 0.15) is 43.7 Å². The molecule has 1 unspecified atom stereocenters. The minimum Gasteiger partial charge on any atom is -0.618 e. The number of Topliss-reactive ketones (excluding diaryl/α,β-unsaturated/α-hetero) is 1. The largest absolute Gasteiger partial charge is 0.618 e. The number of amides is 2. The molecule has 0 aliphatic carbocycles. The van der Waals surface area contributed by atoms with Gasteiger partial charge in [0.2, 0.25) is 5.91 Å². The van der Waals surface area contributed by atoms with Gasteiger partial charge in [0.05, 0.1) is 18.8 Å². The van der Waals surface area contributed by atoms with Crippen molar-refractivity contribution in [2.45, 2.75) is 50.2 Å². The molecule has 2 aromatic heterocycles. The topological polar surface area (TPSA) is 153 Å². The molecule has 1 fully saturated rings. The first kappa shape index (κ1) is 25.4. The van der Waals surface area contributed by atoms with Crippen LogP contribution in [0.2, 0.25) is 0 Å². The predicted octanol–water partition coefficient (Wildman–Crippen LogP) is 0.596. The van der Waals surface area contributed by atoms with E-state index in [0.717, 1.165) is 10.5 Å². The summed E-state index contributed by atoms with van der Waals surface area (Å²) in [7, 11) is -4.19. The number of nitrogens with zero attached hydrogens (tertiary/aromatic N) is 2. The zero-order chi connectivity index (χ0) is 24.9. The number of pyridine rings is 1. The predicted molar refractivity (Wildman–Crippen MR) is 120 cm³/mol. The molecule has 11 nitrogen and oxygen atoms in total. The lowest BCUT2D eigenvalue weighted by molar-refractivity contribution is -0.646. The monoisotopic (exact) mass is 492 g/mol. The van der Waals surface area contributed by atoms with E-state index in [0.29, 0.717) is 12.8 Å². The summed E-state index contributed by atoms with van der Waals surface area (Å²) in [6.45, 7) is 3.34. The first-order valence-corrected chi connectivity index (χ1v) is 12.4. The highest BCUT2D eigenvalue weighted by Gasteiger charge is 2.37. The fourth-order valence-electron chi connectivity index (χ4n) is 3.71. The molecule has 1 aliphatic rings. The van der Waals surface area contributed by atoms with Crippen molar-refractivity contribution in [3.05, 3.63) is 53.8 Å². The zero-order valence-corrected chi connectivity index (χ0v) is 19.8. The Hall–Kier alpha value is -3.25. The van der Waals surface area contributed by atoms with Gasteiger partial charge in [0.1, 0.15) is 6.04 Å². The Morgan fingerprint density at radius 3 is 2.68 bits per heavy atom. The summed E-state index contributed by atoms with van der Waals surface area (Å²) in [5, 5.41) is 16.8. The quantitative estimate of drug-likeness (QED) is 0.404. The minimum absolute atomic E-state index is 0.0278. The van der Waals surface area contributed by atoms with Crippen LogP contribution in [0.15, 0.2) is 52.2 Å². The molecule has 0 saturated carbocycles. The highest BCUT2D eigenvalue weighted by molar-refractivity contribution is 7.89. The normalized spacial score (nSPS) is 18.3. The van der Waals surface area contributed by atoms with Crippen molar-refractivity contribution in [3.63, 3.8) is 0 Å². The summed E-state index contributed by atoms with van der Waals surface area (Å²) in [6, 6.07) is 5.21. The third kappa shape index (κ3) is 6.00. The first-order chi connectivity index (χ1) is 16.1. The van der Waals surface area contributed by atoms with Gasteiger partial charge in [0.15, 0.2) is 17.7 Å². The van der Waals surface area contributed by atoms with Gasteiger partial charge < -0.3 is 20.3 Å². The Morgan fingerprint density at radius 1 is 1.26 bits per heavy atom. The zero-order valence-electron chi connectivity index (χ0n) is 19.0. The summed E-state index contributed by atoms with van der Waals surface area (Å²) >= 11 is 0. The van der Waals surface area contributed by atoms with Crippen molar-refractivity contribution in [2.75, 3.05) is 13.1 Å². The van der Waals surface area contributed by atoms with Gasteiger partial charge in [-0.15, -0.1) is 0 Å². The summed E-state index contributed by atoms with van der Waals surface area (Å²) < 4.78 is 32.1. The van der Waals surface area contributed by atoms with Crippen LogP contribution < -0.4 is 15.4 Å². The van der Waals surface area contributed by atoms with Crippen molar-refractivity contribution in [1.82, 2.24) is 14.9 Å². The average molecular weight is 493 g/mol. The van der Waals surface area contributed by atoms with Crippen molar-refractivity contribution in [1.29, 1.82) is 0 Å². The molecule has 1 aliphatic heterocycles. The summed E-state index contributed by atoms with van der Waals surface area (Å²) in [5.41, 5.74) is 0. The van der Waals surface area contributed by atoms with Crippen molar-refractivity contribution < 1.29 is 31.9 Å². The fourth-order valence-corrected chi connectivity index (χ4v) is 5.18. The van der Waals surface area contributed by atoms with Gasteiger partial charge in [-0.1, -0.05) is 13.8 Å². The molecule has 3 rings (SSSR count). The second-order valence-electron chi connectivity index (χ2n) is 8.51. The molecule has 12 heteroatoms. The second-order valence-corrected chi connectivity index (χ2v) is 10.4. The highest BCUT2D eigenvalue weighted by atomic mass is 32.2. The van der Waals surface area contributed by atoms with Gasteiger partial charge in [0.25, 0.3) is 5.91 Å². The van der Waals surface area contributed by atoms with Crippen molar-refractivity contribution in [3.8, 4) is 0 Å². The molecule has 0 radical (unpaired) electrons. The molecular weight excluding hydrogens is 464 g/mol. The van der Waals surface area contributed by atoms with E-state index < -0.39 is 51.3 Å². The molecule has 0 bridgehead atoms. The number of furan rings is 1. The molecule has 2 atom stereocenters. The molecule has 3 heterocycles. The molecule has 0 aromatic carbocycles. The number of carbonyl (C=O) groups is 3. The number of ketones is 1. The SMILES string of the molecule is CC(C)CC(NC(=O)c1ccco1)C(=O)N[C@H]1CCCN(S(=O)(=O)c2cccc[n+]2[O-])CC1=O. The van der Waals surface area contributed by atoms with E-state index in [1.165, 1.54) is 30.5 Å². The van der Waals surface area contributed by atoms with Crippen LogP contribution >= 0.6 is 0 Å². The molecule has 0 spiro atoms. The van der Waals surface area contributed by atoms with Crippen LogP contribution in [0.5, 0.6) is 0 Å². The van der Waals surface area contributed by atoms with Gasteiger partial charge in [-0.3, -0.25) is 14.4 Å². The first-order valence-electron chi connectivity index (χ1n) is 11.0. The second kappa shape index (κ2) is 10.8. The van der Waals surface area contributed by atoms with Crippen LogP contribution in [0.3, 0.4) is 0 Å². The van der Waals surface area contributed by atoms with Gasteiger partial charge in [-0.25, -0.2) is 8.42 Å². The molecular formula is C22H28N4O7S. The van der Waals surface area contributed by atoms with Crippen molar-refractivity contribution >= 4 is 27.6 Å². The number of aromatic nitrogens is 1. The number of nitrogens with one attached hydrogen (secondary N) is 2. The third-order valence-electron chi connectivity index (χ3n) is 5.40. The molecule has 184 valence electrons. The Morgan fingerprint density at radius 2 is 2.03 bits per heavy atom. The van der Waals surface area contributed by atoms with Crippen LogP contribution in [0.4, 0.5) is 0 Å². The van der Waals surface area contributed by atoms with Gasteiger partial charge >= 0.3 is 15.0 Å². The molecule has 2 aromatic rings. The van der Waals surface area contributed by atoms with Crippen LogP contribution in [-0.2, 0) is 19.6 Å². The van der Waals surface area contributed by atoms with Gasteiger partial charge in [-0.05, 0) is 43.4 Å². The third-order valence-corrected chi connectivity index (χ3v) is 7.24. The van der Waals surface area contributed by atoms with E-state index in [4.69, 9.17) is 4.42 Å². The maximum absolute atomic E-state index is 13.0. The standard InChI is InChI=1S/C22H28N4O7S/c1-15(2)13-17(24-22(29)19-8-6-12-33-19)21(28)23-16-7-5-10-25(14-18(16)27)34(31,32)20-9-3-4-11-26(20)30/h3-4,6,8-9,11-12,15-17H,5,7,10,13-14H2,1-2H3,(H,23,28)(H,24,29)/t16-,17?/m0/s1. The van der Waals surface area contributed by atoms with Crippen LogP contribution in [-0.4, -0.2) is 55.5 Å². The number of hydrogen-bond donors (Lipinski definition) is 2. The lowest BCUT2D eigenvalue weighted by Crippen LogP contribution is -2.52. The smallest absolute Gasteiger partial charge is 0.323 e. The number of hydrogen-bond acceptors (Lipinski definition) is 7. The summed E-state index contributed by atoms with van der Waals surface area (Å²) in [6.07, 6.45) is 3.28.